The molecule has 1 aromatic heterocycles. The van der Waals surface area contributed by atoms with E-state index in [9.17, 15) is 4.79 Å². The number of aromatic nitrogens is 1. The molecule has 42 heavy (non-hydrogen) atoms. The van der Waals surface area contributed by atoms with Crippen LogP contribution >= 0.6 is 0 Å². The first-order chi connectivity index (χ1) is 20.7. The second-order valence-corrected chi connectivity index (χ2v) is 10.9. The second-order valence-electron chi connectivity index (χ2n) is 10.9. The lowest BCUT2D eigenvalue weighted by molar-refractivity contribution is 0.0995. The molecule has 0 bridgehead atoms. The highest BCUT2D eigenvalue weighted by Crippen LogP contribution is 2.37. The van der Waals surface area contributed by atoms with Crippen LogP contribution in [0.2, 0.25) is 0 Å². The molecule has 0 fully saturated rings. The Morgan fingerprint density at radius 3 is 2.33 bits per heavy atom. The van der Waals surface area contributed by atoms with Crippen LogP contribution in [0.3, 0.4) is 0 Å². The highest BCUT2D eigenvalue weighted by Gasteiger charge is 2.32. The van der Waals surface area contributed by atoms with Crippen molar-refractivity contribution in [1.29, 1.82) is 0 Å². The number of anilines is 1. The van der Waals surface area contributed by atoms with Crippen molar-refractivity contribution in [3.63, 3.8) is 0 Å². The minimum absolute atomic E-state index is 0.0703. The molecule has 2 aliphatic rings. The summed E-state index contributed by atoms with van der Waals surface area (Å²) in [6.45, 7) is 4.12. The molecule has 1 unspecified atom stereocenters. The molecular weight excluding hydrogens is 524 g/mol. The van der Waals surface area contributed by atoms with E-state index >= 15 is 0 Å². The zero-order chi connectivity index (χ0) is 28.7. The number of amides is 1. The zero-order valence-electron chi connectivity index (χ0n) is 24.0. The molecule has 0 N–H and O–H groups in total. The van der Waals surface area contributed by atoms with Crippen LogP contribution in [0.15, 0.2) is 97.1 Å². The van der Waals surface area contributed by atoms with Gasteiger partial charge in [-0.15, -0.1) is 0 Å². The predicted molar refractivity (Wildman–Crippen MR) is 164 cm³/mol. The summed E-state index contributed by atoms with van der Waals surface area (Å²) in [5.74, 6) is 2.23. The van der Waals surface area contributed by atoms with Crippen molar-refractivity contribution in [2.45, 2.75) is 52.4 Å². The van der Waals surface area contributed by atoms with Crippen molar-refractivity contribution in [3.8, 4) is 11.8 Å². The number of nitrogens with zero attached hydrogens (tertiary/aromatic N) is 2. The smallest absolute Gasteiger partial charge is 0.259 e. The highest BCUT2D eigenvalue weighted by atomic mass is 16.5. The van der Waals surface area contributed by atoms with Gasteiger partial charge in [0.15, 0.2) is 0 Å². The Balaban J connectivity index is 1.22. The van der Waals surface area contributed by atoms with Gasteiger partial charge in [-0.2, -0.15) is 4.98 Å². The summed E-state index contributed by atoms with van der Waals surface area (Å²) in [7, 11) is 0. The summed E-state index contributed by atoms with van der Waals surface area (Å²) >= 11 is 0. The number of carbonyl (C=O) groups is 1. The number of fused-ring (bicyclic) bond motifs is 1. The Kier molecular flexibility index (Phi) is 8.50. The average molecular weight is 561 g/mol. The molecular formula is C36H36N2O4. The summed E-state index contributed by atoms with van der Waals surface area (Å²) in [4.78, 5) is 20.0. The molecule has 3 aromatic carbocycles. The largest absolute Gasteiger partial charge is 0.493 e. The lowest BCUT2D eigenvalue weighted by atomic mass is 9.95. The maximum atomic E-state index is 13.6. The molecule has 1 amide bonds. The van der Waals surface area contributed by atoms with Gasteiger partial charge >= 0.3 is 0 Å². The fourth-order valence-electron chi connectivity index (χ4n) is 5.44. The van der Waals surface area contributed by atoms with Crippen molar-refractivity contribution in [3.05, 3.63) is 125 Å². The molecule has 0 saturated carbocycles. The van der Waals surface area contributed by atoms with Gasteiger partial charge < -0.3 is 14.2 Å². The summed E-state index contributed by atoms with van der Waals surface area (Å²) < 4.78 is 18.4. The summed E-state index contributed by atoms with van der Waals surface area (Å²) in [6.07, 6.45) is 6.88. The number of pyridine rings is 1. The van der Waals surface area contributed by atoms with Gasteiger partial charge in [0.1, 0.15) is 24.7 Å². The lowest BCUT2D eigenvalue weighted by Gasteiger charge is -2.23. The molecule has 0 spiro atoms. The summed E-state index contributed by atoms with van der Waals surface area (Å²) in [5, 5.41) is 0. The van der Waals surface area contributed by atoms with Gasteiger partial charge in [-0.1, -0.05) is 86.5 Å². The monoisotopic (exact) mass is 560 g/mol. The Morgan fingerprint density at radius 2 is 1.64 bits per heavy atom. The molecule has 6 nitrogen and oxygen atoms in total. The molecule has 214 valence electrons. The average Bonchev–Trinajstić information content (AvgIpc) is 3.38. The van der Waals surface area contributed by atoms with E-state index in [2.05, 4.69) is 19.1 Å². The SMILES string of the molecule is CCCCC1CC=C(c2ccc3c(c2)CN(c2ccc(OCc4ccccc4)nc2OCc2ccccc2)C3=O)OC1. The first-order valence-corrected chi connectivity index (χ1v) is 14.8. The Labute approximate surface area is 247 Å². The number of hydrogen-bond donors (Lipinski definition) is 0. The van der Waals surface area contributed by atoms with Crippen molar-refractivity contribution in [2.24, 2.45) is 5.92 Å². The van der Waals surface area contributed by atoms with E-state index in [1.807, 2.05) is 78.9 Å². The molecule has 1 atom stereocenters. The van der Waals surface area contributed by atoms with E-state index < -0.39 is 0 Å². The van der Waals surface area contributed by atoms with Crippen LogP contribution in [0.1, 0.15) is 65.2 Å². The van der Waals surface area contributed by atoms with E-state index in [0.29, 0.717) is 48.7 Å². The van der Waals surface area contributed by atoms with Gasteiger partial charge in [0.05, 0.1) is 13.2 Å². The van der Waals surface area contributed by atoms with Crippen molar-refractivity contribution in [1.82, 2.24) is 4.98 Å². The molecule has 0 saturated heterocycles. The maximum Gasteiger partial charge on any atom is 0.259 e. The topological polar surface area (TPSA) is 60.9 Å². The van der Waals surface area contributed by atoms with Gasteiger partial charge in [-0.3, -0.25) is 9.69 Å². The normalized spacial score (nSPS) is 16.0. The third kappa shape index (κ3) is 6.33. The van der Waals surface area contributed by atoms with Crippen LogP contribution < -0.4 is 14.4 Å². The lowest BCUT2D eigenvalue weighted by Crippen LogP contribution is -2.24. The van der Waals surface area contributed by atoms with Gasteiger partial charge in [0.25, 0.3) is 5.91 Å². The molecule has 2 aliphatic heterocycles. The number of carbonyl (C=O) groups excluding carboxylic acids is 1. The van der Waals surface area contributed by atoms with Crippen molar-refractivity contribution >= 4 is 17.4 Å². The first kappa shape index (κ1) is 27.6. The molecule has 6 heteroatoms. The molecule has 3 heterocycles. The Bertz CT molecular complexity index is 1550. The number of hydrogen-bond acceptors (Lipinski definition) is 5. The van der Waals surface area contributed by atoms with Crippen molar-refractivity contribution < 1.29 is 19.0 Å². The van der Waals surface area contributed by atoms with E-state index in [4.69, 9.17) is 19.2 Å². The first-order valence-electron chi connectivity index (χ1n) is 14.8. The number of benzene rings is 3. The fourth-order valence-corrected chi connectivity index (χ4v) is 5.44. The van der Waals surface area contributed by atoms with E-state index in [1.165, 1.54) is 19.3 Å². The van der Waals surface area contributed by atoms with E-state index in [0.717, 1.165) is 41.0 Å². The van der Waals surface area contributed by atoms with Crippen molar-refractivity contribution in [2.75, 3.05) is 11.5 Å². The third-order valence-corrected chi connectivity index (χ3v) is 7.82. The third-order valence-electron chi connectivity index (χ3n) is 7.82. The van der Waals surface area contributed by atoms with Crippen LogP contribution in [0.5, 0.6) is 11.8 Å². The van der Waals surface area contributed by atoms with Gasteiger partial charge in [-0.25, -0.2) is 0 Å². The summed E-state index contributed by atoms with van der Waals surface area (Å²) in [5.41, 5.74) is 5.35. The maximum absolute atomic E-state index is 13.6. The molecule has 0 aliphatic carbocycles. The summed E-state index contributed by atoms with van der Waals surface area (Å²) in [6, 6.07) is 29.5. The second kappa shape index (κ2) is 12.9. The van der Waals surface area contributed by atoms with Gasteiger partial charge in [-0.05, 0) is 59.7 Å². The number of unbranched alkanes of at least 4 members (excludes halogenated alkanes) is 1. The minimum atomic E-state index is -0.0703. The number of allylic oxidation sites excluding steroid dienone is 1. The predicted octanol–water partition coefficient (Wildman–Crippen LogP) is 7.97. The number of ether oxygens (including phenoxy) is 3. The van der Waals surface area contributed by atoms with Gasteiger partial charge in [0, 0.05) is 17.2 Å². The van der Waals surface area contributed by atoms with Crippen LogP contribution in [-0.4, -0.2) is 17.5 Å². The van der Waals surface area contributed by atoms with Crippen LogP contribution in [0, 0.1) is 5.92 Å². The quantitative estimate of drug-likeness (QED) is 0.186. The van der Waals surface area contributed by atoms with E-state index in [1.54, 1.807) is 11.0 Å². The molecule has 0 radical (unpaired) electrons. The van der Waals surface area contributed by atoms with Crippen LogP contribution in [0.4, 0.5) is 5.69 Å². The van der Waals surface area contributed by atoms with E-state index in [-0.39, 0.29) is 5.91 Å². The Morgan fingerprint density at radius 1 is 0.905 bits per heavy atom. The zero-order valence-corrected chi connectivity index (χ0v) is 24.0. The fraction of sp³-hybridized carbons (Fsp3) is 0.278. The Hall–Kier alpha value is -4.58. The molecule has 6 rings (SSSR count). The number of rotatable bonds is 11. The molecule has 4 aromatic rings. The minimum Gasteiger partial charge on any atom is -0.493 e. The standard InChI is InChI=1S/C36H36N2O4/c1-2-3-10-28-15-19-33(40-23-28)29-16-17-31-30(21-29)22-38(36(31)39)32-18-20-34(41-24-26-11-6-4-7-12-26)37-35(32)42-25-27-13-8-5-9-14-27/h4-9,11-14,16-21,28H,2-3,10,15,22-25H2,1H3. The van der Waals surface area contributed by atoms with Gasteiger partial charge in [0.2, 0.25) is 11.8 Å². The highest BCUT2D eigenvalue weighted by molar-refractivity contribution is 6.10. The van der Waals surface area contributed by atoms with Crippen LogP contribution in [0.25, 0.3) is 5.76 Å². The van der Waals surface area contributed by atoms with Crippen LogP contribution in [-0.2, 0) is 24.5 Å².